The Morgan fingerprint density at radius 2 is 2.00 bits per heavy atom. The van der Waals surface area contributed by atoms with Crippen molar-refractivity contribution in [3.63, 3.8) is 0 Å². The van der Waals surface area contributed by atoms with Gasteiger partial charge in [0, 0.05) is 12.8 Å². The van der Waals surface area contributed by atoms with Crippen molar-refractivity contribution < 1.29 is 19.2 Å². The van der Waals surface area contributed by atoms with Gasteiger partial charge in [0.2, 0.25) is 11.8 Å². The minimum Gasteiger partial charge on any atom is -0.481 e. The van der Waals surface area contributed by atoms with E-state index in [0.717, 1.165) is 5.56 Å². The van der Waals surface area contributed by atoms with E-state index in [4.69, 9.17) is 4.52 Å². The summed E-state index contributed by atoms with van der Waals surface area (Å²) in [6.07, 6.45) is 0.465. The normalized spacial score (nSPS) is 13.3. The van der Waals surface area contributed by atoms with E-state index in [9.17, 15) is 14.7 Å². The molecule has 0 fully saturated rings. The van der Waals surface area contributed by atoms with Crippen LogP contribution in [0.15, 0.2) is 34.9 Å². The van der Waals surface area contributed by atoms with E-state index in [0.29, 0.717) is 18.1 Å². The lowest BCUT2D eigenvalue weighted by molar-refractivity contribution is -0.142. The molecule has 2 atom stereocenters. The first-order valence-electron chi connectivity index (χ1n) is 7.33. The largest absolute Gasteiger partial charge is 0.481 e. The van der Waals surface area contributed by atoms with Gasteiger partial charge in [-0.1, -0.05) is 35.5 Å². The SMILES string of the molecule is Cc1noc(CCC(=O)NC(c2ccccc2)C(C)C(=O)O)n1. The van der Waals surface area contributed by atoms with Gasteiger partial charge in [0.1, 0.15) is 0 Å². The van der Waals surface area contributed by atoms with Crippen molar-refractivity contribution in [3.8, 4) is 0 Å². The summed E-state index contributed by atoms with van der Waals surface area (Å²) in [5.74, 6) is -1.07. The van der Waals surface area contributed by atoms with Gasteiger partial charge in [0.15, 0.2) is 5.82 Å². The Morgan fingerprint density at radius 3 is 2.57 bits per heavy atom. The maximum Gasteiger partial charge on any atom is 0.308 e. The number of amides is 1. The highest BCUT2D eigenvalue weighted by atomic mass is 16.5. The molecule has 1 aromatic carbocycles. The molecule has 1 aromatic heterocycles. The number of aromatic nitrogens is 2. The molecule has 0 aliphatic rings. The number of carbonyl (C=O) groups excluding carboxylic acids is 1. The minimum absolute atomic E-state index is 0.150. The number of aryl methyl sites for hydroxylation is 2. The molecule has 0 saturated heterocycles. The van der Waals surface area contributed by atoms with Gasteiger partial charge in [-0.3, -0.25) is 9.59 Å². The topological polar surface area (TPSA) is 105 Å². The third-order valence-electron chi connectivity index (χ3n) is 3.50. The van der Waals surface area contributed by atoms with Crippen LogP contribution in [-0.2, 0) is 16.0 Å². The molecule has 2 N–H and O–H groups in total. The van der Waals surface area contributed by atoms with Crippen molar-refractivity contribution in [2.24, 2.45) is 5.92 Å². The van der Waals surface area contributed by atoms with E-state index in [1.807, 2.05) is 18.2 Å². The van der Waals surface area contributed by atoms with Crippen LogP contribution in [0.2, 0.25) is 0 Å². The first-order valence-corrected chi connectivity index (χ1v) is 7.33. The molecular weight excluding hydrogens is 298 g/mol. The first-order chi connectivity index (χ1) is 11.0. The van der Waals surface area contributed by atoms with E-state index in [2.05, 4.69) is 15.5 Å². The van der Waals surface area contributed by atoms with Gasteiger partial charge in [-0.05, 0) is 19.4 Å². The lowest BCUT2D eigenvalue weighted by Gasteiger charge is -2.22. The second kappa shape index (κ2) is 7.53. The fourth-order valence-electron chi connectivity index (χ4n) is 2.21. The van der Waals surface area contributed by atoms with Crippen LogP contribution < -0.4 is 5.32 Å². The average molecular weight is 317 g/mol. The van der Waals surface area contributed by atoms with Crippen molar-refractivity contribution in [3.05, 3.63) is 47.6 Å². The summed E-state index contributed by atoms with van der Waals surface area (Å²) in [7, 11) is 0. The highest BCUT2D eigenvalue weighted by molar-refractivity contribution is 5.78. The zero-order chi connectivity index (χ0) is 16.8. The highest BCUT2D eigenvalue weighted by Gasteiger charge is 2.26. The number of nitrogens with one attached hydrogen (secondary N) is 1. The zero-order valence-electron chi connectivity index (χ0n) is 13.0. The number of benzene rings is 1. The van der Waals surface area contributed by atoms with Crippen LogP contribution >= 0.6 is 0 Å². The molecule has 7 heteroatoms. The number of hydrogen-bond acceptors (Lipinski definition) is 5. The molecule has 0 aliphatic carbocycles. The Morgan fingerprint density at radius 1 is 1.30 bits per heavy atom. The van der Waals surface area contributed by atoms with E-state index in [-0.39, 0.29) is 12.3 Å². The molecule has 23 heavy (non-hydrogen) atoms. The molecule has 0 aliphatic heterocycles. The molecule has 0 radical (unpaired) electrons. The van der Waals surface area contributed by atoms with Gasteiger partial charge in [-0.25, -0.2) is 0 Å². The maximum atomic E-state index is 12.1. The number of aliphatic carboxylic acids is 1. The number of carbonyl (C=O) groups is 2. The Kier molecular flexibility index (Phi) is 5.46. The maximum absolute atomic E-state index is 12.1. The van der Waals surface area contributed by atoms with Crippen molar-refractivity contribution in [1.82, 2.24) is 15.5 Å². The molecule has 122 valence electrons. The summed E-state index contributed by atoms with van der Waals surface area (Å²) in [5, 5.41) is 15.7. The lowest BCUT2D eigenvalue weighted by atomic mass is 9.94. The number of carboxylic acid groups (broad SMARTS) is 1. The Labute approximate surface area is 133 Å². The van der Waals surface area contributed by atoms with Gasteiger partial charge in [0.25, 0.3) is 0 Å². The van der Waals surface area contributed by atoms with Crippen molar-refractivity contribution in [2.75, 3.05) is 0 Å². The monoisotopic (exact) mass is 317 g/mol. The van der Waals surface area contributed by atoms with E-state index < -0.39 is 17.9 Å². The summed E-state index contributed by atoms with van der Waals surface area (Å²) in [6.45, 7) is 3.27. The number of carboxylic acids is 1. The van der Waals surface area contributed by atoms with Crippen molar-refractivity contribution in [2.45, 2.75) is 32.7 Å². The summed E-state index contributed by atoms with van der Waals surface area (Å²) < 4.78 is 4.95. The van der Waals surface area contributed by atoms with E-state index in [1.54, 1.807) is 26.0 Å². The molecule has 1 amide bonds. The molecule has 0 bridgehead atoms. The second-order valence-corrected chi connectivity index (χ2v) is 5.32. The zero-order valence-corrected chi connectivity index (χ0v) is 13.0. The third kappa shape index (κ3) is 4.64. The van der Waals surface area contributed by atoms with Crippen molar-refractivity contribution >= 4 is 11.9 Å². The predicted molar refractivity (Wildman–Crippen MR) is 81.5 cm³/mol. The summed E-state index contributed by atoms with van der Waals surface area (Å²) in [4.78, 5) is 27.5. The van der Waals surface area contributed by atoms with Gasteiger partial charge < -0.3 is 14.9 Å². The minimum atomic E-state index is -0.966. The fourth-order valence-corrected chi connectivity index (χ4v) is 2.21. The van der Waals surface area contributed by atoms with Crippen LogP contribution in [0.3, 0.4) is 0 Å². The molecular formula is C16H19N3O4. The number of nitrogens with zero attached hydrogens (tertiary/aromatic N) is 2. The smallest absolute Gasteiger partial charge is 0.308 e. The quantitative estimate of drug-likeness (QED) is 0.808. The van der Waals surface area contributed by atoms with E-state index >= 15 is 0 Å². The molecule has 2 unspecified atom stereocenters. The molecule has 0 spiro atoms. The van der Waals surface area contributed by atoms with Crippen molar-refractivity contribution in [1.29, 1.82) is 0 Å². The molecule has 0 saturated carbocycles. The van der Waals surface area contributed by atoms with E-state index in [1.165, 1.54) is 0 Å². The summed E-state index contributed by atoms with van der Waals surface area (Å²) in [5.41, 5.74) is 0.754. The van der Waals surface area contributed by atoms with Crippen LogP contribution in [0.5, 0.6) is 0 Å². The third-order valence-corrected chi connectivity index (χ3v) is 3.50. The number of hydrogen-bond donors (Lipinski definition) is 2. The van der Waals surface area contributed by atoms with Gasteiger partial charge in [0.05, 0.1) is 12.0 Å². The number of rotatable bonds is 7. The van der Waals surface area contributed by atoms with Crippen LogP contribution in [0, 0.1) is 12.8 Å². The van der Waals surface area contributed by atoms with Crippen LogP contribution in [0.1, 0.15) is 36.7 Å². The molecule has 7 nitrogen and oxygen atoms in total. The first kappa shape index (κ1) is 16.7. The van der Waals surface area contributed by atoms with Gasteiger partial charge in [-0.2, -0.15) is 4.98 Å². The molecule has 2 aromatic rings. The summed E-state index contributed by atoms with van der Waals surface area (Å²) in [6, 6.07) is 8.46. The van der Waals surface area contributed by atoms with Gasteiger partial charge >= 0.3 is 5.97 Å². The highest BCUT2D eigenvalue weighted by Crippen LogP contribution is 2.22. The average Bonchev–Trinajstić information content (AvgIpc) is 2.96. The molecule has 2 rings (SSSR count). The second-order valence-electron chi connectivity index (χ2n) is 5.32. The Hall–Kier alpha value is -2.70. The standard InChI is InChI=1S/C16H19N3O4/c1-10(16(21)22)15(12-6-4-3-5-7-12)18-13(20)8-9-14-17-11(2)19-23-14/h3-7,10,15H,8-9H2,1-2H3,(H,18,20)(H,21,22). The molecule has 1 heterocycles. The predicted octanol–water partition coefficient (Wildman–Crippen LogP) is 1.89. The van der Waals surface area contributed by atoms with Crippen LogP contribution in [0.4, 0.5) is 0 Å². The van der Waals surface area contributed by atoms with Gasteiger partial charge in [-0.15, -0.1) is 0 Å². The Bertz CT molecular complexity index is 669. The summed E-state index contributed by atoms with van der Waals surface area (Å²) >= 11 is 0. The lowest BCUT2D eigenvalue weighted by Crippen LogP contribution is -2.35. The van der Waals surface area contributed by atoms with Crippen LogP contribution in [-0.4, -0.2) is 27.1 Å². The Balaban J connectivity index is 2.02. The van der Waals surface area contributed by atoms with Crippen LogP contribution in [0.25, 0.3) is 0 Å². The fraction of sp³-hybridized carbons (Fsp3) is 0.375.